The number of ether oxygens (including phenoxy) is 2. The summed E-state index contributed by atoms with van der Waals surface area (Å²) < 4.78 is 36.0. The van der Waals surface area contributed by atoms with E-state index in [-0.39, 0.29) is 11.5 Å². The van der Waals surface area contributed by atoms with Crippen LogP contribution >= 0.6 is 0 Å². The van der Waals surface area contributed by atoms with E-state index in [1.54, 1.807) is 31.4 Å². The van der Waals surface area contributed by atoms with Gasteiger partial charge in [0.25, 0.3) is 0 Å². The Morgan fingerprint density at radius 1 is 1.12 bits per heavy atom. The van der Waals surface area contributed by atoms with Crippen LogP contribution in [0.15, 0.2) is 47.6 Å². The van der Waals surface area contributed by atoms with Crippen LogP contribution in [0.3, 0.4) is 0 Å². The number of sulfonamides is 1. The molecule has 1 N–H and O–H groups in total. The lowest BCUT2D eigenvalue weighted by Gasteiger charge is -2.21. The average Bonchev–Trinajstić information content (AvgIpc) is 3.07. The van der Waals surface area contributed by atoms with Gasteiger partial charge in [0.05, 0.1) is 32.2 Å². The first-order chi connectivity index (χ1) is 12.3. The van der Waals surface area contributed by atoms with Gasteiger partial charge in [0.2, 0.25) is 10.0 Å². The fourth-order valence-corrected chi connectivity index (χ4v) is 3.90. The molecule has 7 nitrogen and oxygen atoms in total. The van der Waals surface area contributed by atoms with E-state index in [2.05, 4.69) is 5.10 Å². The molecule has 3 rings (SSSR count). The van der Waals surface area contributed by atoms with Crippen LogP contribution in [0.25, 0.3) is 0 Å². The molecule has 2 aromatic rings. The summed E-state index contributed by atoms with van der Waals surface area (Å²) in [5.41, 5.74) is 1.90. The number of hydrogen-bond acceptors (Lipinski definition) is 6. The Morgan fingerprint density at radius 3 is 2.38 bits per heavy atom. The fourth-order valence-electron chi connectivity index (χ4n) is 3.00. The number of nitrogens with zero attached hydrogens (tertiary/aromatic N) is 2. The van der Waals surface area contributed by atoms with E-state index in [4.69, 9.17) is 9.47 Å². The number of phenols is 1. The van der Waals surface area contributed by atoms with Gasteiger partial charge < -0.3 is 14.6 Å². The highest BCUT2D eigenvalue weighted by Gasteiger charge is 2.35. The highest BCUT2D eigenvalue weighted by atomic mass is 32.2. The summed E-state index contributed by atoms with van der Waals surface area (Å²) in [5, 5.41) is 14.3. The summed E-state index contributed by atoms with van der Waals surface area (Å²) in [6.07, 6.45) is 1.48. The molecule has 8 heteroatoms. The molecule has 1 atom stereocenters. The van der Waals surface area contributed by atoms with Crippen LogP contribution in [0, 0.1) is 0 Å². The molecule has 1 aliphatic heterocycles. The van der Waals surface area contributed by atoms with E-state index >= 15 is 0 Å². The van der Waals surface area contributed by atoms with Crippen molar-refractivity contribution in [2.24, 2.45) is 5.10 Å². The second kappa shape index (κ2) is 6.87. The normalized spacial score (nSPS) is 17.1. The number of methoxy groups -OCH3 is 2. The molecule has 2 aromatic carbocycles. The first-order valence-electron chi connectivity index (χ1n) is 7.92. The monoisotopic (exact) mass is 376 g/mol. The van der Waals surface area contributed by atoms with Crippen molar-refractivity contribution in [3.05, 3.63) is 53.6 Å². The molecule has 0 aromatic heterocycles. The third-order valence-corrected chi connectivity index (χ3v) is 5.24. The van der Waals surface area contributed by atoms with E-state index in [1.165, 1.54) is 13.2 Å². The van der Waals surface area contributed by atoms with Crippen molar-refractivity contribution in [2.75, 3.05) is 20.5 Å². The molecule has 26 heavy (non-hydrogen) atoms. The molecule has 0 amide bonds. The molecule has 0 fully saturated rings. The number of para-hydroxylation sites is 1. The number of aromatic hydroxyl groups is 1. The molecule has 0 aliphatic carbocycles. The van der Waals surface area contributed by atoms with Crippen LogP contribution < -0.4 is 9.47 Å². The van der Waals surface area contributed by atoms with Gasteiger partial charge in [-0.1, -0.05) is 18.2 Å². The Bertz CT molecular complexity index is 939. The topological polar surface area (TPSA) is 88.4 Å². The second-order valence-corrected chi connectivity index (χ2v) is 7.77. The molecule has 0 spiro atoms. The van der Waals surface area contributed by atoms with Crippen molar-refractivity contribution in [1.29, 1.82) is 0 Å². The average molecular weight is 376 g/mol. The molecule has 0 radical (unpaired) electrons. The van der Waals surface area contributed by atoms with Crippen molar-refractivity contribution < 1.29 is 23.0 Å². The minimum Gasteiger partial charge on any atom is -0.504 e. The molecule has 0 bridgehead atoms. The largest absolute Gasteiger partial charge is 0.504 e. The highest BCUT2D eigenvalue weighted by molar-refractivity contribution is 7.88. The van der Waals surface area contributed by atoms with E-state index in [0.717, 1.165) is 16.2 Å². The quantitative estimate of drug-likeness (QED) is 0.866. The van der Waals surface area contributed by atoms with Gasteiger partial charge in [-0.25, -0.2) is 8.42 Å². The van der Waals surface area contributed by atoms with Crippen molar-refractivity contribution >= 4 is 15.7 Å². The zero-order valence-corrected chi connectivity index (χ0v) is 15.5. The molecule has 0 saturated heterocycles. The number of hydrogen-bond donors (Lipinski definition) is 1. The van der Waals surface area contributed by atoms with Crippen LogP contribution in [0.4, 0.5) is 0 Å². The van der Waals surface area contributed by atoms with E-state index in [0.29, 0.717) is 23.4 Å². The standard InChI is InChI=1S/C18H20N2O5S/c1-24-13-9-7-12(8-10-13)16-11-15(19-20(16)26(3,22)23)14-5-4-6-17(21)18(14)25-2/h4-10,16,21H,11H2,1-3H3. The van der Waals surface area contributed by atoms with Gasteiger partial charge in [-0.15, -0.1) is 0 Å². The molecule has 1 aliphatic rings. The van der Waals surface area contributed by atoms with Crippen molar-refractivity contribution in [1.82, 2.24) is 4.41 Å². The Morgan fingerprint density at radius 2 is 1.81 bits per heavy atom. The van der Waals surface area contributed by atoms with Gasteiger partial charge in [0.15, 0.2) is 11.5 Å². The maximum absolute atomic E-state index is 12.3. The van der Waals surface area contributed by atoms with Crippen LogP contribution in [-0.2, 0) is 10.0 Å². The first kappa shape index (κ1) is 18.1. The minimum atomic E-state index is -3.57. The lowest BCUT2D eigenvalue weighted by atomic mass is 9.98. The van der Waals surface area contributed by atoms with E-state index in [1.807, 2.05) is 12.1 Å². The van der Waals surface area contributed by atoms with Crippen LogP contribution in [0.5, 0.6) is 17.2 Å². The molecule has 138 valence electrons. The predicted octanol–water partition coefficient (Wildman–Crippen LogP) is 2.52. The number of hydrazone groups is 1. The third kappa shape index (κ3) is 3.32. The molecular formula is C18H20N2O5S. The number of phenolic OH excluding ortho intramolecular Hbond substituents is 1. The summed E-state index contributed by atoms with van der Waals surface area (Å²) in [7, 11) is -0.555. The van der Waals surface area contributed by atoms with Crippen LogP contribution in [0.2, 0.25) is 0 Å². The maximum atomic E-state index is 12.3. The molecular weight excluding hydrogens is 356 g/mol. The second-order valence-electron chi connectivity index (χ2n) is 5.93. The van der Waals surface area contributed by atoms with Gasteiger partial charge in [-0.3, -0.25) is 0 Å². The summed E-state index contributed by atoms with van der Waals surface area (Å²) >= 11 is 0. The van der Waals surface area contributed by atoms with Gasteiger partial charge in [0, 0.05) is 12.0 Å². The Hall–Kier alpha value is -2.74. The zero-order valence-electron chi connectivity index (χ0n) is 14.7. The van der Waals surface area contributed by atoms with Gasteiger partial charge in [-0.2, -0.15) is 9.52 Å². The van der Waals surface area contributed by atoms with Gasteiger partial charge in [0.1, 0.15) is 5.75 Å². The summed E-state index contributed by atoms with van der Waals surface area (Å²) in [6, 6.07) is 11.6. The maximum Gasteiger partial charge on any atom is 0.247 e. The minimum absolute atomic E-state index is 0.0218. The highest BCUT2D eigenvalue weighted by Crippen LogP contribution is 2.39. The Kier molecular flexibility index (Phi) is 4.78. The van der Waals surface area contributed by atoms with E-state index < -0.39 is 16.1 Å². The van der Waals surface area contributed by atoms with E-state index in [9.17, 15) is 13.5 Å². The summed E-state index contributed by atoms with van der Waals surface area (Å²) in [5.74, 6) is 0.940. The SMILES string of the molecule is COc1ccc(C2CC(c3cccc(O)c3OC)=NN2S(C)(=O)=O)cc1. The first-order valence-corrected chi connectivity index (χ1v) is 9.77. The van der Waals surface area contributed by atoms with Crippen molar-refractivity contribution in [2.45, 2.75) is 12.5 Å². The number of rotatable bonds is 5. The smallest absolute Gasteiger partial charge is 0.247 e. The van der Waals surface area contributed by atoms with Crippen molar-refractivity contribution in [3.8, 4) is 17.2 Å². The Balaban J connectivity index is 2.04. The summed E-state index contributed by atoms with van der Waals surface area (Å²) in [6.45, 7) is 0. The molecule has 1 unspecified atom stereocenters. The molecule has 1 heterocycles. The van der Waals surface area contributed by atoms with Crippen LogP contribution in [-0.4, -0.2) is 44.1 Å². The zero-order chi connectivity index (χ0) is 18.9. The predicted molar refractivity (Wildman–Crippen MR) is 98.2 cm³/mol. The third-order valence-electron chi connectivity index (χ3n) is 4.22. The molecule has 0 saturated carbocycles. The Labute approximate surface area is 152 Å². The lowest BCUT2D eigenvalue weighted by molar-refractivity contribution is 0.372. The fraction of sp³-hybridized carbons (Fsp3) is 0.278. The lowest BCUT2D eigenvalue weighted by Crippen LogP contribution is -2.25. The van der Waals surface area contributed by atoms with Gasteiger partial charge >= 0.3 is 0 Å². The van der Waals surface area contributed by atoms with Gasteiger partial charge in [-0.05, 0) is 29.8 Å². The summed E-state index contributed by atoms with van der Waals surface area (Å²) in [4.78, 5) is 0. The van der Waals surface area contributed by atoms with Crippen LogP contribution in [0.1, 0.15) is 23.6 Å². The van der Waals surface area contributed by atoms with Crippen molar-refractivity contribution in [3.63, 3.8) is 0 Å². The number of benzene rings is 2.